The van der Waals surface area contributed by atoms with Crippen molar-refractivity contribution >= 4 is 5.69 Å². The first-order valence-electron chi connectivity index (χ1n) is 5.95. The van der Waals surface area contributed by atoms with Gasteiger partial charge in [0.05, 0.1) is 0 Å². The number of hydrogen-bond acceptors (Lipinski definition) is 2. The molecule has 1 atom stereocenters. The third-order valence-electron chi connectivity index (χ3n) is 3.25. The molecule has 0 saturated carbocycles. The van der Waals surface area contributed by atoms with E-state index in [4.69, 9.17) is 0 Å². The van der Waals surface area contributed by atoms with Crippen LogP contribution in [0, 0.1) is 12.7 Å². The molecule has 16 heavy (non-hydrogen) atoms. The first-order chi connectivity index (χ1) is 7.70. The highest BCUT2D eigenvalue weighted by Crippen LogP contribution is 2.20. The molecule has 0 amide bonds. The highest BCUT2D eigenvalue weighted by atomic mass is 19.1. The van der Waals surface area contributed by atoms with Crippen molar-refractivity contribution in [1.82, 2.24) is 5.32 Å². The SMILES string of the molecule is CCC1CN(c2ccc(F)c(C)c2)CCN1. The number of anilines is 1. The van der Waals surface area contributed by atoms with Crippen LogP contribution in [0.15, 0.2) is 18.2 Å². The maximum absolute atomic E-state index is 13.2. The van der Waals surface area contributed by atoms with E-state index in [0.29, 0.717) is 6.04 Å². The second-order valence-corrected chi connectivity index (χ2v) is 4.44. The van der Waals surface area contributed by atoms with Gasteiger partial charge in [-0.25, -0.2) is 4.39 Å². The fourth-order valence-corrected chi connectivity index (χ4v) is 2.16. The normalized spacial score (nSPS) is 21.2. The molecule has 1 aromatic carbocycles. The van der Waals surface area contributed by atoms with Gasteiger partial charge in [-0.1, -0.05) is 6.92 Å². The van der Waals surface area contributed by atoms with Gasteiger partial charge in [-0.05, 0) is 37.1 Å². The van der Waals surface area contributed by atoms with Gasteiger partial charge in [0.15, 0.2) is 0 Å². The van der Waals surface area contributed by atoms with Crippen LogP contribution in [0.3, 0.4) is 0 Å². The van der Waals surface area contributed by atoms with Crippen LogP contribution in [0.2, 0.25) is 0 Å². The lowest BCUT2D eigenvalue weighted by Gasteiger charge is -2.35. The Morgan fingerprint density at radius 2 is 2.31 bits per heavy atom. The lowest BCUT2D eigenvalue weighted by molar-refractivity contribution is 0.447. The van der Waals surface area contributed by atoms with E-state index >= 15 is 0 Å². The molecule has 0 aromatic heterocycles. The van der Waals surface area contributed by atoms with Crippen molar-refractivity contribution in [1.29, 1.82) is 0 Å². The van der Waals surface area contributed by atoms with Gasteiger partial charge in [-0.3, -0.25) is 0 Å². The molecule has 1 heterocycles. The van der Waals surface area contributed by atoms with Crippen LogP contribution < -0.4 is 10.2 Å². The van der Waals surface area contributed by atoms with E-state index < -0.39 is 0 Å². The van der Waals surface area contributed by atoms with Crippen LogP contribution in [-0.4, -0.2) is 25.7 Å². The maximum Gasteiger partial charge on any atom is 0.126 e. The van der Waals surface area contributed by atoms with Crippen molar-refractivity contribution in [3.8, 4) is 0 Å². The molecule has 1 aliphatic rings. The number of halogens is 1. The van der Waals surface area contributed by atoms with Gasteiger partial charge in [-0.15, -0.1) is 0 Å². The van der Waals surface area contributed by atoms with Crippen molar-refractivity contribution in [2.45, 2.75) is 26.3 Å². The fourth-order valence-electron chi connectivity index (χ4n) is 2.16. The summed E-state index contributed by atoms with van der Waals surface area (Å²) in [5.41, 5.74) is 1.86. The van der Waals surface area contributed by atoms with Gasteiger partial charge in [-0.2, -0.15) is 0 Å². The molecular weight excluding hydrogens is 203 g/mol. The molecule has 1 saturated heterocycles. The number of piperazine rings is 1. The molecule has 88 valence electrons. The summed E-state index contributed by atoms with van der Waals surface area (Å²) < 4.78 is 13.2. The summed E-state index contributed by atoms with van der Waals surface area (Å²) in [5, 5.41) is 3.48. The van der Waals surface area contributed by atoms with Gasteiger partial charge in [0.2, 0.25) is 0 Å². The highest BCUT2D eigenvalue weighted by Gasteiger charge is 2.18. The first-order valence-corrected chi connectivity index (χ1v) is 5.95. The Morgan fingerprint density at radius 1 is 1.50 bits per heavy atom. The number of rotatable bonds is 2. The van der Waals surface area contributed by atoms with Crippen LogP contribution in [0.1, 0.15) is 18.9 Å². The first kappa shape index (κ1) is 11.4. The zero-order chi connectivity index (χ0) is 11.5. The topological polar surface area (TPSA) is 15.3 Å². The number of aryl methyl sites for hydroxylation is 1. The van der Waals surface area contributed by atoms with Crippen LogP contribution in [0.25, 0.3) is 0 Å². The van der Waals surface area contributed by atoms with Crippen molar-refractivity contribution < 1.29 is 4.39 Å². The smallest absolute Gasteiger partial charge is 0.126 e. The number of hydrogen-bond donors (Lipinski definition) is 1. The third-order valence-corrected chi connectivity index (χ3v) is 3.25. The van der Waals surface area contributed by atoms with Gasteiger partial charge < -0.3 is 10.2 Å². The van der Waals surface area contributed by atoms with Crippen molar-refractivity contribution in [2.24, 2.45) is 0 Å². The molecule has 1 N–H and O–H groups in total. The van der Waals surface area contributed by atoms with Crippen molar-refractivity contribution in [2.75, 3.05) is 24.5 Å². The predicted octanol–water partition coefficient (Wildman–Crippen LogP) is 2.32. The molecule has 0 bridgehead atoms. The molecule has 1 aliphatic heterocycles. The quantitative estimate of drug-likeness (QED) is 0.826. The number of benzene rings is 1. The summed E-state index contributed by atoms with van der Waals surface area (Å²) in [6, 6.07) is 5.93. The second kappa shape index (κ2) is 4.83. The van der Waals surface area contributed by atoms with Gasteiger partial charge in [0.1, 0.15) is 5.82 Å². The molecule has 3 heteroatoms. The minimum atomic E-state index is -0.120. The summed E-state index contributed by atoms with van der Waals surface area (Å²) >= 11 is 0. The molecule has 0 aliphatic carbocycles. The van der Waals surface area contributed by atoms with E-state index in [0.717, 1.165) is 37.3 Å². The Labute approximate surface area is 96.5 Å². The minimum Gasteiger partial charge on any atom is -0.369 e. The Bertz CT molecular complexity index is 365. The summed E-state index contributed by atoms with van der Waals surface area (Å²) in [6.07, 6.45) is 1.14. The fraction of sp³-hybridized carbons (Fsp3) is 0.538. The van der Waals surface area contributed by atoms with Crippen molar-refractivity contribution in [3.05, 3.63) is 29.6 Å². The van der Waals surface area contributed by atoms with E-state index in [-0.39, 0.29) is 5.82 Å². The summed E-state index contributed by atoms with van der Waals surface area (Å²) in [6.45, 7) is 7.04. The lowest BCUT2D eigenvalue weighted by Crippen LogP contribution is -2.50. The Hall–Kier alpha value is -1.09. The van der Waals surface area contributed by atoms with E-state index in [1.54, 1.807) is 6.07 Å². The molecule has 1 fully saturated rings. The third kappa shape index (κ3) is 2.35. The van der Waals surface area contributed by atoms with E-state index in [1.807, 2.05) is 19.1 Å². The largest absolute Gasteiger partial charge is 0.369 e. The Morgan fingerprint density at radius 3 is 3.00 bits per heavy atom. The van der Waals surface area contributed by atoms with Gasteiger partial charge in [0.25, 0.3) is 0 Å². The average Bonchev–Trinajstić information content (AvgIpc) is 2.33. The lowest BCUT2D eigenvalue weighted by atomic mass is 10.1. The Balaban J connectivity index is 2.13. The number of nitrogens with zero attached hydrogens (tertiary/aromatic N) is 1. The van der Waals surface area contributed by atoms with Crippen molar-refractivity contribution in [3.63, 3.8) is 0 Å². The molecule has 1 unspecified atom stereocenters. The number of nitrogens with one attached hydrogen (secondary N) is 1. The van der Waals surface area contributed by atoms with Crippen LogP contribution in [0.5, 0.6) is 0 Å². The highest BCUT2D eigenvalue weighted by molar-refractivity contribution is 5.49. The molecule has 2 nitrogen and oxygen atoms in total. The Kier molecular flexibility index (Phi) is 3.44. The van der Waals surface area contributed by atoms with Crippen LogP contribution in [-0.2, 0) is 0 Å². The zero-order valence-electron chi connectivity index (χ0n) is 9.96. The summed E-state index contributed by atoms with van der Waals surface area (Å²) in [5.74, 6) is -0.120. The molecule has 0 spiro atoms. The summed E-state index contributed by atoms with van der Waals surface area (Å²) in [7, 11) is 0. The zero-order valence-corrected chi connectivity index (χ0v) is 9.96. The minimum absolute atomic E-state index is 0.120. The summed E-state index contributed by atoms with van der Waals surface area (Å²) in [4.78, 5) is 2.33. The molecule has 0 radical (unpaired) electrons. The van der Waals surface area contributed by atoms with Gasteiger partial charge in [0, 0.05) is 31.4 Å². The van der Waals surface area contributed by atoms with E-state index in [1.165, 1.54) is 0 Å². The van der Waals surface area contributed by atoms with E-state index in [2.05, 4.69) is 17.1 Å². The molecule has 1 aromatic rings. The van der Waals surface area contributed by atoms with Gasteiger partial charge >= 0.3 is 0 Å². The monoisotopic (exact) mass is 222 g/mol. The maximum atomic E-state index is 13.2. The standard InChI is InChI=1S/C13H19FN2/c1-3-11-9-16(7-6-15-11)12-4-5-13(14)10(2)8-12/h4-5,8,11,15H,3,6-7,9H2,1-2H3. The predicted molar refractivity (Wildman–Crippen MR) is 65.4 cm³/mol. The second-order valence-electron chi connectivity index (χ2n) is 4.44. The molecule has 2 rings (SSSR count). The van der Waals surface area contributed by atoms with Crippen LogP contribution >= 0.6 is 0 Å². The van der Waals surface area contributed by atoms with E-state index in [9.17, 15) is 4.39 Å². The molecular formula is C13H19FN2. The van der Waals surface area contributed by atoms with Crippen LogP contribution in [0.4, 0.5) is 10.1 Å². The average molecular weight is 222 g/mol.